The van der Waals surface area contributed by atoms with Crippen LogP contribution in [0, 0.1) is 0 Å². The standard InChI is InChI=1S/C3H8.2C3H6.C2H6/c3*1-3-2;1-2/h3H2,1-2H3;2*3H,1H2,2H3;1-2H3. The van der Waals surface area contributed by atoms with E-state index in [1.807, 2.05) is 27.7 Å². The third-order valence-corrected chi connectivity index (χ3v) is 0. The molecule has 0 aromatic heterocycles. The molecule has 0 unspecified atom stereocenters. The number of hydrogen-bond acceptors (Lipinski definition) is 0. The molecule has 0 rings (SSSR count). The van der Waals surface area contributed by atoms with E-state index < -0.39 is 0 Å². The first-order chi connectivity index (χ1) is 5.24. The monoisotopic (exact) mass is 158 g/mol. The molecule has 0 radical (unpaired) electrons. The molecule has 0 amide bonds. The van der Waals surface area contributed by atoms with Crippen LogP contribution in [0.25, 0.3) is 0 Å². The molecule has 0 aromatic rings. The van der Waals surface area contributed by atoms with Gasteiger partial charge in [0, 0.05) is 0 Å². The zero-order valence-corrected chi connectivity index (χ0v) is 9.28. The van der Waals surface area contributed by atoms with Crippen molar-refractivity contribution < 1.29 is 0 Å². The lowest BCUT2D eigenvalue weighted by Gasteiger charge is -1.48. The minimum absolute atomic E-state index is 1.25. The van der Waals surface area contributed by atoms with Crippen molar-refractivity contribution in [2.75, 3.05) is 0 Å². The summed E-state index contributed by atoms with van der Waals surface area (Å²) in [4.78, 5) is 0. The van der Waals surface area contributed by atoms with Crippen LogP contribution in [0.4, 0.5) is 0 Å². The van der Waals surface area contributed by atoms with Gasteiger partial charge in [-0.15, -0.1) is 13.2 Å². The number of hydrogen-bond donors (Lipinski definition) is 0. The molecule has 0 bridgehead atoms. The Bertz CT molecular complexity index is 29.3. The third kappa shape index (κ3) is 1960. The summed E-state index contributed by atoms with van der Waals surface area (Å²) in [7, 11) is 0. The molecule has 0 saturated carbocycles. The lowest BCUT2D eigenvalue weighted by Crippen LogP contribution is -1.27. The zero-order chi connectivity index (χ0) is 10.1. The second-order valence-electron chi connectivity index (χ2n) is 1.52. The van der Waals surface area contributed by atoms with Crippen molar-refractivity contribution >= 4 is 0 Å². The van der Waals surface area contributed by atoms with Crippen molar-refractivity contribution in [2.45, 2.75) is 48.0 Å². The first-order valence-electron chi connectivity index (χ1n) is 4.39. The maximum Gasteiger partial charge on any atom is -0.0473 e. The molecule has 0 aliphatic carbocycles. The van der Waals surface area contributed by atoms with Crippen LogP contribution in [-0.4, -0.2) is 0 Å². The molecule has 0 atom stereocenters. The van der Waals surface area contributed by atoms with E-state index in [2.05, 4.69) is 27.0 Å². The summed E-state index contributed by atoms with van der Waals surface area (Å²) < 4.78 is 0. The van der Waals surface area contributed by atoms with Crippen molar-refractivity contribution in [1.82, 2.24) is 0 Å². The van der Waals surface area contributed by atoms with Gasteiger partial charge in [-0.3, -0.25) is 0 Å². The zero-order valence-electron chi connectivity index (χ0n) is 9.28. The second kappa shape index (κ2) is 111. The van der Waals surface area contributed by atoms with Gasteiger partial charge in [-0.2, -0.15) is 0 Å². The van der Waals surface area contributed by atoms with Gasteiger partial charge in [0.15, 0.2) is 0 Å². The van der Waals surface area contributed by atoms with Crippen molar-refractivity contribution in [3.8, 4) is 0 Å². The van der Waals surface area contributed by atoms with E-state index >= 15 is 0 Å². The summed E-state index contributed by atoms with van der Waals surface area (Å²) >= 11 is 0. The summed E-state index contributed by atoms with van der Waals surface area (Å²) in [5, 5.41) is 0. The molecule has 11 heavy (non-hydrogen) atoms. The predicted octanol–water partition coefficient (Wildman–Crippen LogP) is 4.83. The van der Waals surface area contributed by atoms with Gasteiger partial charge in [-0.05, 0) is 13.8 Å². The molecule has 0 aliphatic rings. The number of allylic oxidation sites excluding steroid dienone is 2. The first kappa shape index (κ1) is 22.4. The fourth-order valence-corrected chi connectivity index (χ4v) is 0. The topological polar surface area (TPSA) is 0 Å². The summed E-state index contributed by atoms with van der Waals surface area (Å²) in [5.41, 5.74) is 0. The molecule has 0 heterocycles. The van der Waals surface area contributed by atoms with E-state index in [4.69, 9.17) is 0 Å². The van der Waals surface area contributed by atoms with Crippen molar-refractivity contribution in [3.05, 3.63) is 25.3 Å². The van der Waals surface area contributed by atoms with Crippen LogP contribution in [0.3, 0.4) is 0 Å². The highest BCUT2D eigenvalue weighted by molar-refractivity contribution is 4.51. The van der Waals surface area contributed by atoms with Crippen molar-refractivity contribution in [1.29, 1.82) is 0 Å². The molecule has 0 saturated heterocycles. The van der Waals surface area contributed by atoms with E-state index in [1.54, 1.807) is 12.2 Å². The van der Waals surface area contributed by atoms with Crippen LogP contribution in [0.2, 0.25) is 0 Å². The second-order valence-corrected chi connectivity index (χ2v) is 1.52. The third-order valence-electron chi connectivity index (χ3n) is 0. The fourth-order valence-electron chi connectivity index (χ4n) is 0. The maximum absolute atomic E-state index is 3.36. The van der Waals surface area contributed by atoms with Gasteiger partial charge in [0.25, 0.3) is 0 Å². The summed E-state index contributed by atoms with van der Waals surface area (Å²) in [6.07, 6.45) is 4.75. The molecule has 0 N–H and O–H groups in total. The Morgan fingerprint density at radius 3 is 0.909 bits per heavy atom. The summed E-state index contributed by atoms with van der Waals surface area (Å²) in [5.74, 6) is 0. The first-order valence-corrected chi connectivity index (χ1v) is 4.39. The summed E-state index contributed by atoms with van der Waals surface area (Å²) in [6, 6.07) is 0. The number of rotatable bonds is 0. The molecule has 0 spiro atoms. The Morgan fingerprint density at radius 1 is 0.909 bits per heavy atom. The van der Waals surface area contributed by atoms with Gasteiger partial charge >= 0.3 is 0 Å². The highest BCUT2D eigenvalue weighted by atomic mass is 13.4. The predicted molar refractivity (Wildman–Crippen MR) is 59.1 cm³/mol. The van der Waals surface area contributed by atoms with Crippen LogP contribution in [0.5, 0.6) is 0 Å². The average molecular weight is 158 g/mol. The van der Waals surface area contributed by atoms with Crippen LogP contribution >= 0.6 is 0 Å². The molecule has 70 valence electrons. The van der Waals surface area contributed by atoms with Gasteiger partial charge in [0.2, 0.25) is 0 Å². The Kier molecular flexibility index (Phi) is 226. The van der Waals surface area contributed by atoms with E-state index in [9.17, 15) is 0 Å². The van der Waals surface area contributed by atoms with E-state index in [0.717, 1.165) is 0 Å². The molecule has 0 aromatic carbocycles. The van der Waals surface area contributed by atoms with Crippen molar-refractivity contribution in [2.24, 2.45) is 0 Å². The van der Waals surface area contributed by atoms with Gasteiger partial charge < -0.3 is 0 Å². The smallest absolute Gasteiger partial charge is 0.0473 e. The van der Waals surface area contributed by atoms with Gasteiger partial charge in [-0.25, -0.2) is 0 Å². The highest BCUT2D eigenvalue weighted by Crippen LogP contribution is 1.56. The summed E-state index contributed by atoms with van der Waals surface area (Å²) in [6.45, 7) is 18.8. The maximum atomic E-state index is 3.36. The van der Waals surface area contributed by atoms with Gasteiger partial charge in [-0.1, -0.05) is 46.3 Å². The fraction of sp³-hybridized carbons (Fsp3) is 0.636. The van der Waals surface area contributed by atoms with Gasteiger partial charge in [0.05, 0.1) is 0 Å². The van der Waals surface area contributed by atoms with Crippen LogP contribution in [0.15, 0.2) is 25.3 Å². The minimum atomic E-state index is 1.25. The molecule has 0 heteroatoms. The molecule has 0 nitrogen and oxygen atoms in total. The Labute approximate surface area is 74.0 Å². The van der Waals surface area contributed by atoms with E-state index in [-0.39, 0.29) is 0 Å². The van der Waals surface area contributed by atoms with E-state index in [1.165, 1.54) is 6.42 Å². The highest BCUT2D eigenvalue weighted by Gasteiger charge is 1.35. The lowest BCUT2D eigenvalue weighted by atomic mass is 10.6. The average Bonchev–Trinajstić information content (AvgIpc) is 1.96. The molecular formula is C11H26. The van der Waals surface area contributed by atoms with Crippen LogP contribution in [-0.2, 0) is 0 Å². The van der Waals surface area contributed by atoms with Crippen LogP contribution < -0.4 is 0 Å². The Balaban J connectivity index is -0.0000000301. The normalized spacial score (nSPS) is 4.55. The Morgan fingerprint density at radius 2 is 0.909 bits per heavy atom. The molecule has 0 aliphatic heterocycles. The molecular weight excluding hydrogens is 132 g/mol. The lowest BCUT2D eigenvalue weighted by molar-refractivity contribution is 1.09. The largest absolute Gasteiger partial charge is 0.103 e. The quantitative estimate of drug-likeness (QED) is 0.443. The van der Waals surface area contributed by atoms with E-state index in [0.29, 0.717) is 0 Å². The molecule has 0 fully saturated rings. The Hall–Kier alpha value is -0.520. The van der Waals surface area contributed by atoms with Gasteiger partial charge in [0.1, 0.15) is 0 Å². The SMILES string of the molecule is C=CC.C=CC.CC.CCC. The van der Waals surface area contributed by atoms with Crippen LogP contribution in [0.1, 0.15) is 48.0 Å². The van der Waals surface area contributed by atoms with Crippen molar-refractivity contribution in [3.63, 3.8) is 0 Å². The minimum Gasteiger partial charge on any atom is -0.103 e.